The van der Waals surface area contributed by atoms with Crippen LogP contribution in [0.4, 0.5) is 5.13 Å². The van der Waals surface area contributed by atoms with Crippen LogP contribution in [0.3, 0.4) is 0 Å². The zero-order valence-electron chi connectivity index (χ0n) is 24.2. The largest absolute Gasteiger partial charge is 0.493 e. The topological polar surface area (TPSA) is 68.3 Å². The van der Waals surface area contributed by atoms with Gasteiger partial charge < -0.3 is 10.1 Å². The Morgan fingerprint density at radius 3 is 1.98 bits per heavy atom. The molecule has 1 N–H and O–H groups in total. The Labute approximate surface area is 244 Å². The van der Waals surface area contributed by atoms with Crippen molar-refractivity contribution in [1.29, 1.82) is 0 Å². The zero-order valence-corrected chi connectivity index (χ0v) is 25.0. The number of thiazole rings is 1. The summed E-state index contributed by atoms with van der Waals surface area (Å²) in [4.78, 5) is 29.9. The van der Waals surface area contributed by atoms with E-state index < -0.39 is 0 Å². The zero-order chi connectivity index (χ0) is 28.3. The van der Waals surface area contributed by atoms with Crippen LogP contribution in [0.2, 0.25) is 0 Å². The molecule has 0 fully saturated rings. The highest BCUT2D eigenvalue weighted by atomic mass is 32.1. The van der Waals surface area contributed by atoms with Crippen molar-refractivity contribution < 1.29 is 14.3 Å². The molecule has 0 aliphatic carbocycles. The van der Waals surface area contributed by atoms with Crippen molar-refractivity contribution in [3.05, 3.63) is 65.5 Å². The maximum absolute atomic E-state index is 12.9. The Hall–Kier alpha value is -2.99. The molecule has 0 spiro atoms. The lowest BCUT2D eigenvalue weighted by atomic mass is 10.0. The first kappa shape index (κ1) is 31.5. The van der Waals surface area contributed by atoms with E-state index in [4.69, 9.17) is 4.74 Å². The van der Waals surface area contributed by atoms with Crippen LogP contribution in [0.15, 0.2) is 60.0 Å². The van der Waals surface area contributed by atoms with Gasteiger partial charge in [0.15, 0.2) is 10.9 Å². The summed E-state index contributed by atoms with van der Waals surface area (Å²) in [5, 5.41) is 5.14. The van der Waals surface area contributed by atoms with Crippen LogP contribution >= 0.6 is 11.3 Å². The molecule has 0 aliphatic heterocycles. The number of rotatable bonds is 21. The molecule has 1 heterocycles. The van der Waals surface area contributed by atoms with Gasteiger partial charge in [0.2, 0.25) is 5.91 Å². The van der Waals surface area contributed by atoms with Crippen molar-refractivity contribution in [2.24, 2.45) is 0 Å². The van der Waals surface area contributed by atoms with E-state index in [0.29, 0.717) is 23.1 Å². The van der Waals surface area contributed by atoms with Crippen molar-refractivity contribution in [2.45, 2.75) is 103 Å². The molecule has 0 bridgehead atoms. The molecule has 3 rings (SSSR count). The van der Waals surface area contributed by atoms with Crippen molar-refractivity contribution in [2.75, 3.05) is 11.9 Å². The molecule has 0 radical (unpaired) electrons. The van der Waals surface area contributed by atoms with Crippen molar-refractivity contribution in [3.8, 4) is 17.0 Å². The molecule has 216 valence electrons. The number of carbonyl (C=O) groups is 2. The maximum atomic E-state index is 12.9. The van der Waals surface area contributed by atoms with Gasteiger partial charge in [-0.15, -0.1) is 11.3 Å². The summed E-state index contributed by atoms with van der Waals surface area (Å²) in [7, 11) is 0. The lowest BCUT2D eigenvalue weighted by molar-refractivity contribution is -0.115. The normalized spacial score (nSPS) is 10.9. The van der Waals surface area contributed by atoms with E-state index in [0.717, 1.165) is 24.1 Å². The first-order chi connectivity index (χ1) is 19.7. The van der Waals surface area contributed by atoms with Crippen LogP contribution in [0.5, 0.6) is 5.75 Å². The van der Waals surface area contributed by atoms with E-state index in [2.05, 4.69) is 17.2 Å². The number of benzene rings is 2. The van der Waals surface area contributed by atoms with Crippen molar-refractivity contribution >= 4 is 28.2 Å². The number of nitrogens with one attached hydrogen (secondary N) is 1. The summed E-state index contributed by atoms with van der Waals surface area (Å²) in [5.74, 6) is -0.0785. The van der Waals surface area contributed by atoms with Crippen LogP contribution in [-0.2, 0) is 4.79 Å². The van der Waals surface area contributed by atoms with Gasteiger partial charge in [0.1, 0.15) is 5.75 Å². The number of amides is 1. The Balaban J connectivity index is 1.28. The number of hydrogen-bond donors (Lipinski definition) is 1. The Kier molecular flexibility index (Phi) is 15.1. The van der Waals surface area contributed by atoms with E-state index in [1.165, 1.54) is 88.4 Å². The SMILES string of the molecule is CCCCCCCCCCCCCCCCOc1ccccc1C(=O)CC(=O)Nc1nc(-c2ccccc2)cs1. The molecule has 0 unspecified atom stereocenters. The van der Waals surface area contributed by atoms with E-state index >= 15 is 0 Å². The van der Waals surface area contributed by atoms with E-state index in [9.17, 15) is 9.59 Å². The molecule has 0 saturated carbocycles. The number of nitrogens with zero attached hydrogens (tertiary/aromatic N) is 1. The fraction of sp³-hybridized carbons (Fsp3) is 0.500. The summed E-state index contributed by atoms with van der Waals surface area (Å²) in [6.45, 7) is 2.85. The molecule has 1 aromatic heterocycles. The van der Waals surface area contributed by atoms with Crippen molar-refractivity contribution in [1.82, 2.24) is 4.98 Å². The monoisotopic (exact) mass is 562 g/mol. The van der Waals surface area contributed by atoms with Crippen LogP contribution in [-0.4, -0.2) is 23.3 Å². The number of ketones is 1. The third-order valence-electron chi connectivity index (χ3n) is 7.08. The summed E-state index contributed by atoms with van der Waals surface area (Å²) < 4.78 is 5.95. The van der Waals surface area contributed by atoms with Gasteiger partial charge >= 0.3 is 0 Å². The summed E-state index contributed by atoms with van der Waals surface area (Å²) >= 11 is 1.35. The van der Waals surface area contributed by atoms with Crippen LogP contribution in [0, 0.1) is 0 Å². The molecule has 5 nitrogen and oxygen atoms in total. The van der Waals surface area contributed by atoms with Gasteiger partial charge in [-0.3, -0.25) is 9.59 Å². The highest BCUT2D eigenvalue weighted by molar-refractivity contribution is 7.14. The lowest BCUT2D eigenvalue weighted by Crippen LogP contribution is -2.17. The molecule has 0 atom stereocenters. The van der Waals surface area contributed by atoms with Gasteiger partial charge in [0.05, 0.1) is 24.3 Å². The van der Waals surface area contributed by atoms with Crippen LogP contribution in [0.25, 0.3) is 11.3 Å². The number of Topliss-reactive ketones (excluding diaryl/α,β-unsaturated/α-hetero) is 1. The van der Waals surface area contributed by atoms with Crippen LogP contribution < -0.4 is 10.1 Å². The second-order valence-electron chi connectivity index (χ2n) is 10.5. The molecule has 0 saturated heterocycles. The minimum Gasteiger partial charge on any atom is -0.493 e. The number of para-hydroxylation sites is 1. The fourth-order valence-corrected chi connectivity index (χ4v) is 5.51. The molecule has 1 amide bonds. The Morgan fingerprint density at radius 2 is 1.32 bits per heavy atom. The summed E-state index contributed by atoms with van der Waals surface area (Å²) in [6, 6.07) is 17.0. The summed E-state index contributed by atoms with van der Waals surface area (Å²) in [6.07, 6.45) is 18.1. The van der Waals surface area contributed by atoms with Gasteiger partial charge in [-0.25, -0.2) is 4.98 Å². The number of carbonyl (C=O) groups excluding carboxylic acids is 2. The average molecular weight is 563 g/mol. The smallest absolute Gasteiger partial charge is 0.233 e. The first-order valence-electron chi connectivity index (χ1n) is 15.2. The third-order valence-corrected chi connectivity index (χ3v) is 7.84. The fourth-order valence-electron chi connectivity index (χ4n) is 4.78. The van der Waals surface area contributed by atoms with E-state index in [1.54, 1.807) is 12.1 Å². The van der Waals surface area contributed by atoms with Gasteiger partial charge in [-0.05, 0) is 18.6 Å². The second-order valence-corrected chi connectivity index (χ2v) is 11.4. The van der Waals surface area contributed by atoms with Gasteiger partial charge in [-0.1, -0.05) is 133 Å². The molecular weight excluding hydrogens is 516 g/mol. The number of anilines is 1. The maximum Gasteiger partial charge on any atom is 0.233 e. The minimum atomic E-state index is -0.374. The Bertz CT molecular complexity index is 1130. The first-order valence-corrected chi connectivity index (χ1v) is 16.1. The predicted octanol–water partition coefficient (Wildman–Crippen LogP) is 9.88. The number of ether oxygens (including phenoxy) is 1. The molecule has 3 aromatic rings. The molecule has 6 heteroatoms. The van der Waals surface area contributed by atoms with Gasteiger partial charge in [0.25, 0.3) is 0 Å². The van der Waals surface area contributed by atoms with Gasteiger partial charge in [-0.2, -0.15) is 0 Å². The molecule has 40 heavy (non-hydrogen) atoms. The predicted molar refractivity (Wildman–Crippen MR) is 167 cm³/mol. The molecular formula is C34H46N2O3S. The van der Waals surface area contributed by atoms with Crippen molar-refractivity contribution in [3.63, 3.8) is 0 Å². The quantitative estimate of drug-likeness (QED) is 0.0797. The highest BCUT2D eigenvalue weighted by Crippen LogP contribution is 2.25. The minimum absolute atomic E-state index is 0.251. The Morgan fingerprint density at radius 1 is 0.750 bits per heavy atom. The average Bonchev–Trinajstić information content (AvgIpc) is 3.44. The van der Waals surface area contributed by atoms with Crippen LogP contribution in [0.1, 0.15) is 114 Å². The number of hydrogen-bond acceptors (Lipinski definition) is 5. The lowest BCUT2D eigenvalue weighted by Gasteiger charge is -2.11. The third kappa shape index (κ3) is 12.0. The second kappa shape index (κ2) is 19.1. The standard InChI is InChI=1S/C34H46N2O3S/c1-2-3-4-5-6-7-8-9-10-11-12-13-14-20-25-39-32-24-19-18-23-29(32)31(37)26-33(38)36-34-35-30(27-40-34)28-21-16-15-17-22-28/h15-19,21-24,27H,2-14,20,25-26H2,1H3,(H,35,36,38). The van der Waals surface area contributed by atoms with E-state index in [-0.39, 0.29) is 18.1 Å². The summed E-state index contributed by atoms with van der Waals surface area (Å²) in [5.41, 5.74) is 2.24. The number of aromatic nitrogens is 1. The van der Waals surface area contributed by atoms with Gasteiger partial charge in [0, 0.05) is 10.9 Å². The molecule has 2 aromatic carbocycles. The molecule has 0 aliphatic rings. The van der Waals surface area contributed by atoms with E-state index in [1.807, 2.05) is 47.8 Å². The number of unbranched alkanes of at least 4 members (excludes halogenated alkanes) is 13. The highest BCUT2D eigenvalue weighted by Gasteiger charge is 2.17.